The molecule has 0 saturated carbocycles. The summed E-state index contributed by atoms with van der Waals surface area (Å²) in [4.78, 5) is 9.08. The highest BCUT2D eigenvalue weighted by Crippen LogP contribution is 2.36. The van der Waals surface area contributed by atoms with Gasteiger partial charge in [0.05, 0.1) is 19.4 Å². The predicted molar refractivity (Wildman–Crippen MR) is 97.4 cm³/mol. The monoisotopic (exact) mass is 344 g/mol. The Labute approximate surface area is 150 Å². The van der Waals surface area contributed by atoms with E-state index in [1.54, 1.807) is 17.8 Å². The number of hydrogen-bond donors (Lipinski definition) is 0. The molecule has 0 saturated heterocycles. The lowest BCUT2D eigenvalue weighted by Gasteiger charge is -2.07. The fraction of sp³-hybridized carbons (Fsp3) is 0.150. The molecular formula is C20H16N4O2. The number of ether oxygens (including phenoxy) is 2. The van der Waals surface area contributed by atoms with Crippen LogP contribution in [0.15, 0.2) is 54.9 Å². The van der Waals surface area contributed by atoms with Crippen LogP contribution in [0.5, 0.6) is 11.6 Å². The van der Waals surface area contributed by atoms with Gasteiger partial charge in [0, 0.05) is 36.0 Å². The van der Waals surface area contributed by atoms with Crippen molar-refractivity contribution in [3.63, 3.8) is 0 Å². The molecule has 0 atom stereocenters. The number of benzene rings is 1. The normalized spacial score (nSPS) is 12.8. The number of pyridine rings is 1. The summed E-state index contributed by atoms with van der Waals surface area (Å²) in [6.07, 6.45) is 4.52. The van der Waals surface area contributed by atoms with Crippen LogP contribution in [0, 0.1) is 0 Å². The maximum Gasteiger partial charge on any atom is 0.231 e. The van der Waals surface area contributed by atoms with E-state index < -0.39 is 0 Å². The standard InChI is InChI=1S/C20H16N4O2/c1-25-18-7-6-17-22-19(14-5-4-13-8-10-26-16(13)11-14)20(24(17)23-18)15-3-2-9-21-12-15/h2-7,9,11-12H,8,10H2,1H3. The number of aromatic nitrogens is 4. The van der Waals surface area contributed by atoms with Crippen LogP contribution in [0.25, 0.3) is 28.2 Å². The van der Waals surface area contributed by atoms with Crippen molar-refractivity contribution in [2.24, 2.45) is 0 Å². The maximum absolute atomic E-state index is 5.73. The average molecular weight is 344 g/mol. The van der Waals surface area contributed by atoms with Crippen LogP contribution in [0.3, 0.4) is 0 Å². The van der Waals surface area contributed by atoms with Crippen molar-refractivity contribution in [3.8, 4) is 34.1 Å². The molecular weight excluding hydrogens is 328 g/mol. The second-order valence-electron chi connectivity index (χ2n) is 6.12. The van der Waals surface area contributed by atoms with Crippen LogP contribution in [0.4, 0.5) is 0 Å². The molecule has 3 aromatic heterocycles. The van der Waals surface area contributed by atoms with Gasteiger partial charge in [-0.25, -0.2) is 9.50 Å². The molecule has 0 radical (unpaired) electrons. The summed E-state index contributed by atoms with van der Waals surface area (Å²) < 4.78 is 12.8. The molecule has 0 aliphatic carbocycles. The van der Waals surface area contributed by atoms with Crippen LogP contribution in [0.2, 0.25) is 0 Å². The number of rotatable bonds is 3. The fourth-order valence-corrected chi connectivity index (χ4v) is 3.30. The van der Waals surface area contributed by atoms with E-state index in [1.807, 2.05) is 30.5 Å². The lowest BCUT2D eigenvalue weighted by Crippen LogP contribution is -1.98. The van der Waals surface area contributed by atoms with E-state index in [-0.39, 0.29) is 0 Å². The van der Waals surface area contributed by atoms with Gasteiger partial charge in [0.1, 0.15) is 11.4 Å². The van der Waals surface area contributed by atoms with Crippen molar-refractivity contribution in [2.75, 3.05) is 13.7 Å². The molecule has 0 spiro atoms. The van der Waals surface area contributed by atoms with Gasteiger partial charge in [0.2, 0.25) is 5.88 Å². The van der Waals surface area contributed by atoms with E-state index >= 15 is 0 Å². The van der Waals surface area contributed by atoms with Gasteiger partial charge < -0.3 is 9.47 Å². The summed E-state index contributed by atoms with van der Waals surface area (Å²) in [5.41, 5.74) is 5.65. The van der Waals surface area contributed by atoms with Gasteiger partial charge >= 0.3 is 0 Å². The minimum Gasteiger partial charge on any atom is -0.493 e. The molecule has 5 rings (SSSR count). The second-order valence-corrected chi connectivity index (χ2v) is 6.12. The highest BCUT2D eigenvalue weighted by molar-refractivity contribution is 5.82. The van der Waals surface area contributed by atoms with Crippen molar-refractivity contribution < 1.29 is 9.47 Å². The molecule has 0 unspecified atom stereocenters. The molecule has 1 aromatic carbocycles. The van der Waals surface area contributed by atoms with Crippen LogP contribution in [-0.2, 0) is 6.42 Å². The van der Waals surface area contributed by atoms with Crippen LogP contribution < -0.4 is 9.47 Å². The SMILES string of the molecule is COc1ccc2nc(-c3ccc4c(c3)OCC4)c(-c3cccnc3)n2n1. The molecule has 4 heterocycles. The van der Waals surface area contributed by atoms with Crippen molar-refractivity contribution >= 4 is 5.65 Å². The number of imidazole rings is 1. The minimum atomic E-state index is 0.531. The summed E-state index contributed by atoms with van der Waals surface area (Å²) in [6.45, 7) is 0.734. The zero-order valence-electron chi connectivity index (χ0n) is 14.2. The Morgan fingerprint density at radius 2 is 2.08 bits per heavy atom. The lowest BCUT2D eigenvalue weighted by molar-refractivity contribution is 0.357. The van der Waals surface area contributed by atoms with Gasteiger partial charge in [-0.2, -0.15) is 0 Å². The summed E-state index contributed by atoms with van der Waals surface area (Å²) in [5.74, 6) is 1.46. The van der Waals surface area contributed by atoms with Crippen molar-refractivity contribution in [2.45, 2.75) is 6.42 Å². The van der Waals surface area contributed by atoms with Crippen molar-refractivity contribution in [1.29, 1.82) is 0 Å². The van der Waals surface area contributed by atoms with Gasteiger partial charge in [-0.1, -0.05) is 12.1 Å². The zero-order valence-corrected chi connectivity index (χ0v) is 14.2. The Balaban J connectivity index is 1.79. The smallest absolute Gasteiger partial charge is 0.231 e. The highest BCUT2D eigenvalue weighted by atomic mass is 16.5. The van der Waals surface area contributed by atoms with Crippen LogP contribution >= 0.6 is 0 Å². The Kier molecular flexibility index (Phi) is 3.35. The summed E-state index contributed by atoms with van der Waals surface area (Å²) in [7, 11) is 1.60. The van der Waals surface area contributed by atoms with E-state index in [1.165, 1.54) is 5.56 Å². The molecule has 0 N–H and O–H groups in total. The third kappa shape index (κ3) is 2.30. The van der Waals surface area contributed by atoms with Gasteiger partial charge in [0.15, 0.2) is 5.65 Å². The largest absolute Gasteiger partial charge is 0.493 e. The summed E-state index contributed by atoms with van der Waals surface area (Å²) in [5, 5.41) is 4.56. The Morgan fingerprint density at radius 3 is 2.92 bits per heavy atom. The lowest BCUT2D eigenvalue weighted by atomic mass is 10.0. The molecule has 26 heavy (non-hydrogen) atoms. The molecule has 6 nitrogen and oxygen atoms in total. The van der Waals surface area contributed by atoms with E-state index in [4.69, 9.17) is 14.5 Å². The summed E-state index contributed by atoms with van der Waals surface area (Å²) >= 11 is 0. The topological polar surface area (TPSA) is 61.5 Å². The number of methoxy groups -OCH3 is 1. The Morgan fingerprint density at radius 1 is 1.12 bits per heavy atom. The maximum atomic E-state index is 5.73. The first-order valence-electron chi connectivity index (χ1n) is 8.44. The van der Waals surface area contributed by atoms with Crippen molar-refractivity contribution in [3.05, 3.63) is 60.4 Å². The van der Waals surface area contributed by atoms with E-state index in [0.717, 1.165) is 46.9 Å². The molecule has 0 fully saturated rings. The van der Waals surface area contributed by atoms with Gasteiger partial charge in [-0.15, -0.1) is 5.10 Å². The van der Waals surface area contributed by atoms with Gasteiger partial charge in [0.25, 0.3) is 0 Å². The van der Waals surface area contributed by atoms with Crippen LogP contribution in [-0.4, -0.2) is 33.3 Å². The molecule has 0 amide bonds. The first-order valence-corrected chi connectivity index (χ1v) is 8.44. The van der Waals surface area contributed by atoms with E-state index in [9.17, 15) is 0 Å². The first-order chi connectivity index (χ1) is 12.8. The molecule has 0 bridgehead atoms. The highest BCUT2D eigenvalue weighted by Gasteiger charge is 2.20. The zero-order chi connectivity index (χ0) is 17.5. The average Bonchev–Trinajstić information content (AvgIpc) is 3.31. The predicted octanol–water partition coefficient (Wildman–Crippen LogP) is 3.40. The van der Waals surface area contributed by atoms with Crippen LogP contribution in [0.1, 0.15) is 5.56 Å². The Hall–Kier alpha value is -3.41. The molecule has 1 aliphatic rings. The number of nitrogens with zero attached hydrogens (tertiary/aromatic N) is 4. The molecule has 6 heteroatoms. The third-order valence-corrected chi connectivity index (χ3v) is 4.57. The Bertz CT molecular complexity index is 1110. The second kappa shape index (κ2) is 5.84. The minimum absolute atomic E-state index is 0.531. The third-order valence-electron chi connectivity index (χ3n) is 4.57. The molecule has 128 valence electrons. The van der Waals surface area contributed by atoms with E-state index in [0.29, 0.717) is 5.88 Å². The quantitative estimate of drug-likeness (QED) is 0.570. The molecule has 4 aromatic rings. The number of hydrogen-bond acceptors (Lipinski definition) is 5. The number of fused-ring (bicyclic) bond motifs is 2. The van der Waals surface area contributed by atoms with Gasteiger partial charge in [-0.05, 0) is 29.8 Å². The fourth-order valence-electron chi connectivity index (χ4n) is 3.30. The summed E-state index contributed by atoms with van der Waals surface area (Å²) in [6, 6.07) is 13.9. The molecule has 1 aliphatic heterocycles. The van der Waals surface area contributed by atoms with E-state index in [2.05, 4.69) is 28.3 Å². The first kappa shape index (κ1) is 14.9. The van der Waals surface area contributed by atoms with Crippen molar-refractivity contribution in [1.82, 2.24) is 19.6 Å². The van der Waals surface area contributed by atoms with Gasteiger partial charge in [-0.3, -0.25) is 4.98 Å².